The number of hydrogen-bond donors (Lipinski definition) is 1. The molecule has 0 aliphatic heterocycles. The average Bonchev–Trinajstić information content (AvgIpc) is 2.82. The lowest BCUT2D eigenvalue weighted by molar-refractivity contribution is -0.138. The van der Waals surface area contributed by atoms with Crippen molar-refractivity contribution >= 4 is 5.95 Å². The zero-order valence-corrected chi connectivity index (χ0v) is 19.8. The first-order chi connectivity index (χ1) is 17.0. The molecule has 3 rings (SSSR count). The van der Waals surface area contributed by atoms with Gasteiger partial charge in [-0.3, -0.25) is 0 Å². The number of ether oxygens (including phenoxy) is 1. The highest BCUT2D eigenvalue weighted by atomic mass is 19.4. The Bertz CT molecular complexity index is 1180. The van der Waals surface area contributed by atoms with E-state index < -0.39 is 23.6 Å². The summed E-state index contributed by atoms with van der Waals surface area (Å²) < 4.78 is 72.1. The zero-order valence-electron chi connectivity index (χ0n) is 19.8. The van der Waals surface area contributed by atoms with E-state index in [1.165, 1.54) is 31.2 Å². The van der Waals surface area contributed by atoms with Crippen LogP contribution in [-0.2, 0) is 25.6 Å². The van der Waals surface area contributed by atoms with Crippen molar-refractivity contribution in [1.82, 2.24) is 9.97 Å². The highest BCUT2D eigenvalue weighted by Crippen LogP contribution is 2.36. The van der Waals surface area contributed by atoms with E-state index in [2.05, 4.69) is 9.97 Å². The van der Waals surface area contributed by atoms with Gasteiger partial charge in [-0.2, -0.15) is 22.0 Å². The summed E-state index contributed by atoms with van der Waals surface area (Å²) >= 11 is 0. The number of rotatable bonds is 10. The Morgan fingerprint density at radius 2 is 1.69 bits per heavy atom. The minimum Gasteiger partial charge on any atom is -0.507 e. The van der Waals surface area contributed by atoms with Gasteiger partial charge in [0.1, 0.15) is 11.5 Å². The molecule has 5 nitrogen and oxygen atoms in total. The number of anilines is 1. The summed E-state index contributed by atoms with van der Waals surface area (Å²) in [7, 11) is 0. The molecule has 0 fully saturated rings. The number of hydrogen-bond acceptors (Lipinski definition) is 5. The van der Waals surface area contributed by atoms with E-state index in [9.17, 15) is 27.1 Å². The van der Waals surface area contributed by atoms with E-state index in [-0.39, 0.29) is 25.3 Å². The van der Waals surface area contributed by atoms with E-state index in [0.29, 0.717) is 23.2 Å². The number of phenolic OH excluding ortho intramolecular Hbond substituents is 1. The Morgan fingerprint density at radius 3 is 2.33 bits per heavy atom. The molecule has 0 saturated heterocycles. The van der Waals surface area contributed by atoms with E-state index in [0.717, 1.165) is 24.1 Å². The van der Waals surface area contributed by atoms with Crippen LogP contribution in [0.2, 0.25) is 0 Å². The standard InChI is InChI=1S/C26H26F5N3O2/c1-3-11-25(27,28)36-21-7-5-6-20(13-21)17-34(24-32-15-18(4-2)16-33-24)12-10-19-8-9-23(35)22(14-19)26(29,30)31/h3,5-9,11,13-16,35H,4,10,12,17H2,1-2H3/b11-3+. The molecule has 0 aliphatic carbocycles. The fourth-order valence-electron chi connectivity index (χ4n) is 3.49. The number of allylic oxidation sites excluding steroid dienone is 1. The monoisotopic (exact) mass is 507 g/mol. The van der Waals surface area contributed by atoms with Gasteiger partial charge in [-0.25, -0.2) is 9.97 Å². The second-order valence-corrected chi connectivity index (χ2v) is 8.08. The van der Waals surface area contributed by atoms with Crippen LogP contribution in [0, 0.1) is 0 Å². The van der Waals surface area contributed by atoms with E-state index in [1.807, 2.05) is 6.92 Å². The number of halogens is 5. The third kappa shape index (κ3) is 7.40. The molecule has 10 heteroatoms. The summed E-state index contributed by atoms with van der Waals surface area (Å²) in [6, 6.07) is 9.51. The molecule has 0 unspecified atom stereocenters. The van der Waals surface area contributed by atoms with Gasteiger partial charge in [0, 0.05) is 31.6 Å². The van der Waals surface area contributed by atoms with E-state index in [4.69, 9.17) is 4.74 Å². The van der Waals surface area contributed by atoms with Crippen LogP contribution in [0.5, 0.6) is 11.5 Å². The second kappa shape index (κ2) is 11.4. The first-order valence-corrected chi connectivity index (χ1v) is 11.3. The van der Waals surface area contributed by atoms with Gasteiger partial charge < -0.3 is 14.7 Å². The summed E-state index contributed by atoms with van der Waals surface area (Å²) in [5.74, 6) is -0.535. The Balaban J connectivity index is 1.84. The van der Waals surface area contributed by atoms with Gasteiger partial charge in [-0.15, -0.1) is 0 Å². The molecule has 1 N–H and O–H groups in total. The van der Waals surface area contributed by atoms with Gasteiger partial charge in [0.2, 0.25) is 5.95 Å². The molecule has 1 aromatic heterocycles. The summed E-state index contributed by atoms with van der Waals surface area (Å²) in [6.07, 6.45) is -2.08. The Hall–Kier alpha value is -3.69. The van der Waals surface area contributed by atoms with Crippen LogP contribution in [0.25, 0.3) is 0 Å². The van der Waals surface area contributed by atoms with Gasteiger partial charge in [0.25, 0.3) is 0 Å². The Morgan fingerprint density at radius 1 is 0.972 bits per heavy atom. The fourth-order valence-corrected chi connectivity index (χ4v) is 3.49. The van der Waals surface area contributed by atoms with Crippen molar-refractivity contribution in [3.8, 4) is 11.5 Å². The molecule has 2 aromatic carbocycles. The predicted octanol–water partition coefficient (Wildman–Crippen LogP) is 6.56. The summed E-state index contributed by atoms with van der Waals surface area (Å²) in [4.78, 5) is 10.5. The zero-order chi connectivity index (χ0) is 26.3. The summed E-state index contributed by atoms with van der Waals surface area (Å²) in [5.41, 5.74) is 0.780. The number of aryl methyl sites for hydroxylation is 1. The van der Waals surface area contributed by atoms with Crippen molar-refractivity contribution in [1.29, 1.82) is 0 Å². The van der Waals surface area contributed by atoms with Crippen LogP contribution in [0.3, 0.4) is 0 Å². The lowest BCUT2D eigenvalue weighted by Crippen LogP contribution is -2.27. The molecule has 1 heterocycles. The summed E-state index contributed by atoms with van der Waals surface area (Å²) in [6.45, 7) is 3.84. The van der Waals surface area contributed by atoms with Crippen LogP contribution < -0.4 is 9.64 Å². The molecule has 0 radical (unpaired) electrons. The topological polar surface area (TPSA) is 58.5 Å². The SMILES string of the molecule is C/C=C/C(F)(F)Oc1cccc(CN(CCc2ccc(O)c(C(F)(F)F)c2)c2ncc(CC)cn2)c1. The molecular weight excluding hydrogens is 481 g/mol. The second-order valence-electron chi connectivity index (χ2n) is 8.08. The largest absolute Gasteiger partial charge is 0.507 e. The maximum absolute atomic E-state index is 13.9. The number of aromatic nitrogens is 2. The Kier molecular flexibility index (Phi) is 8.49. The molecule has 0 saturated carbocycles. The maximum atomic E-state index is 13.9. The van der Waals surface area contributed by atoms with E-state index >= 15 is 0 Å². The first-order valence-electron chi connectivity index (χ1n) is 11.3. The normalized spacial score (nSPS) is 12.2. The number of nitrogens with zero attached hydrogens (tertiary/aromatic N) is 3. The van der Waals surface area contributed by atoms with Crippen molar-refractivity contribution in [3.63, 3.8) is 0 Å². The lowest BCUT2D eigenvalue weighted by atomic mass is 10.1. The van der Waals surface area contributed by atoms with Crippen molar-refractivity contribution in [2.75, 3.05) is 11.4 Å². The van der Waals surface area contributed by atoms with Crippen molar-refractivity contribution in [2.24, 2.45) is 0 Å². The number of aromatic hydroxyl groups is 1. The quantitative estimate of drug-likeness (QED) is 0.249. The van der Waals surface area contributed by atoms with Gasteiger partial charge >= 0.3 is 12.3 Å². The number of alkyl halides is 5. The summed E-state index contributed by atoms with van der Waals surface area (Å²) in [5, 5.41) is 9.59. The molecule has 36 heavy (non-hydrogen) atoms. The number of phenols is 1. The Labute approximate surface area is 205 Å². The van der Waals surface area contributed by atoms with Crippen LogP contribution >= 0.6 is 0 Å². The molecular formula is C26H26F5N3O2. The molecule has 0 bridgehead atoms. The smallest absolute Gasteiger partial charge is 0.419 e. The highest BCUT2D eigenvalue weighted by molar-refractivity contribution is 5.40. The van der Waals surface area contributed by atoms with E-state index in [1.54, 1.807) is 29.4 Å². The predicted molar refractivity (Wildman–Crippen MR) is 126 cm³/mol. The minimum absolute atomic E-state index is 0.0360. The van der Waals surface area contributed by atoms with Gasteiger partial charge in [-0.1, -0.05) is 31.2 Å². The number of benzene rings is 2. The molecule has 0 spiro atoms. The molecule has 0 atom stereocenters. The van der Waals surface area contributed by atoms with Crippen molar-refractivity contribution < 1.29 is 31.8 Å². The molecule has 0 aliphatic rings. The van der Waals surface area contributed by atoms with Gasteiger partial charge in [0.15, 0.2) is 0 Å². The minimum atomic E-state index is -4.69. The first kappa shape index (κ1) is 26.9. The van der Waals surface area contributed by atoms with Crippen molar-refractivity contribution in [2.45, 2.75) is 45.5 Å². The third-order valence-electron chi connectivity index (χ3n) is 5.31. The van der Waals surface area contributed by atoms with Gasteiger partial charge in [-0.05, 0) is 60.7 Å². The highest BCUT2D eigenvalue weighted by Gasteiger charge is 2.34. The molecule has 192 valence electrons. The van der Waals surface area contributed by atoms with Gasteiger partial charge in [0.05, 0.1) is 5.56 Å². The molecule has 0 amide bonds. The van der Waals surface area contributed by atoms with Crippen LogP contribution in [0.4, 0.5) is 27.9 Å². The average molecular weight is 508 g/mol. The molecule has 3 aromatic rings. The van der Waals surface area contributed by atoms with Crippen LogP contribution in [0.1, 0.15) is 36.1 Å². The third-order valence-corrected chi connectivity index (χ3v) is 5.31. The maximum Gasteiger partial charge on any atom is 0.419 e. The fraction of sp³-hybridized carbons (Fsp3) is 0.308. The van der Waals surface area contributed by atoms with Crippen LogP contribution in [0.15, 0.2) is 67.0 Å². The van der Waals surface area contributed by atoms with Crippen molar-refractivity contribution in [3.05, 3.63) is 89.3 Å². The van der Waals surface area contributed by atoms with Crippen LogP contribution in [-0.4, -0.2) is 27.7 Å². The lowest BCUT2D eigenvalue weighted by Gasteiger charge is -2.24.